The van der Waals surface area contributed by atoms with Crippen LogP contribution in [0.4, 0.5) is 8.78 Å². The van der Waals surface area contributed by atoms with Crippen molar-refractivity contribution >= 4 is 5.91 Å². The summed E-state index contributed by atoms with van der Waals surface area (Å²) in [6.07, 6.45) is 1.58. The number of hydrogen-bond donors (Lipinski definition) is 0. The second-order valence-electron chi connectivity index (χ2n) is 4.38. The van der Waals surface area contributed by atoms with Gasteiger partial charge in [0, 0.05) is 13.0 Å². The second kappa shape index (κ2) is 4.56. The van der Waals surface area contributed by atoms with Gasteiger partial charge in [-0.15, -0.1) is 0 Å². The van der Waals surface area contributed by atoms with Gasteiger partial charge in [0.15, 0.2) is 12.3 Å². The van der Waals surface area contributed by atoms with Gasteiger partial charge < -0.3 is 0 Å². The van der Waals surface area contributed by atoms with Crippen LogP contribution in [-0.2, 0) is 9.63 Å². The van der Waals surface area contributed by atoms with Crippen LogP contribution < -0.4 is 0 Å². The molecule has 2 aliphatic carbocycles. The van der Waals surface area contributed by atoms with Crippen molar-refractivity contribution < 1.29 is 18.4 Å². The molecule has 0 aromatic carbocycles. The van der Waals surface area contributed by atoms with Crippen molar-refractivity contribution in [2.75, 3.05) is 14.2 Å². The lowest BCUT2D eigenvalue weighted by Crippen LogP contribution is -2.27. The molecule has 0 aromatic heterocycles. The van der Waals surface area contributed by atoms with Crippen molar-refractivity contribution in [3.05, 3.63) is 23.8 Å². The molecule has 0 spiro atoms. The minimum atomic E-state index is -1.59. The Kier molecular flexibility index (Phi) is 3.28. The van der Waals surface area contributed by atoms with Crippen LogP contribution in [-0.4, -0.2) is 37.5 Å². The Labute approximate surface area is 98.7 Å². The predicted octanol–water partition coefficient (Wildman–Crippen LogP) is 1.81. The Hall–Kier alpha value is -1.23. The van der Waals surface area contributed by atoms with Gasteiger partial charge in [0.2, 0.25) is 5.91 Å². The van der Waals surface area contributed by atoms with Crippen LogP contribution in [0.1, 0.15) is 6.42 Å². The zero-order valence-corrected chi connectivity index (χ0v) is 9.77. The highest BCUT2D eigenvalue weighted by atomic mass is 19.2. The summed E-state index contributed by atoms with van der Waals surface area (Å²) in [5, 5.41) is 1.17. The molecule has 1 saturated carbocycles. The van der Waals surface area contributed by atoms with E-state index in [4.69, 9.17) is 4.84 Å². The smallest absolute Gasteiger partial charge is 0.249 e. The Bertz CT molecular complexity index is 381. The summed E-state index contributed by atoms with van der Waals surface area (Å²) in [6.45, 7) is 0. The number of amides is 1. The third kappa shape index (κ3) is 2.39. The first-order chi connectivity index (χ1) is 8.04. The second-order valence-corrected chi connectivity index (χ2v) is 4.38. The van der Waals surface area contributed by atoms with Gasteiger partial charge in [0.25, 0.3) is 0 Å². The van der Waals surface area contributed by atoms with E-state index in [1.165, 1.54) is 24.3 Å². The lowest BCUT2D eigenvalue weighted by molar-refractivity contribution is -0.170. The van der Waals surface area contributed by atoms with Crippen molar-refractivity contribution in [3.63, 3.8) is 0 Å². The predicted molar refractivity (Wildman–Crippen MR) is 58.4 cm³/mol. The van der Waals surface area contributed by atoms with Gasteiger partial charge in [0.05, 0.1) is 7.11 Å². The van der Waals surface area contributed by atoms with Crippen LogP contribution in [0, 0.1) is 11.8 Å². The highest BCUT2D eigenvalue weighted by molar-refractivity contribution is 5.81. The maximum absolute atomic E-state index is 13.1. The summed E-state index contributed by atoms with van der Waals surface area (Å²) in [7, 11) is 2.96. The van der Waals surface area contributed by atoms with E-state index in [1.54, 1.807) is 13.1 Å². The van der Waals surface area contributed by atoms with Crippen molar-refractivity contribution in [3.8, 4) is 0 Å². The van der Waals surface area contributed by atoms with E-state index < -0.39 is 12.3 Å². The van der Waals surface area contributed by atoms with Crippen LogP contribution in [0.5, 0.6) is 0 Å². The number of hydrogen-bond acceptors (Lipinski definition) is 2. The number of carbonyl (C=O) groups excluding carboxylic acids is 1. The quantitative estimate of drug-likeness (QED) is 0.707. The number of rotatable bonds is 3. The van der Waals surface area contributed by atoms with E-state index in [2.05, 4.69) is 0 Å². The molecule has 0 aliphatic heterocycles. The molecule has 5 heteroatoms. The molecule has 1 amide bonds. The number of allylic oxidation sites excluding steroid dienone is 4. The molecule has 17 heavy (non-hydrogen) atoms. The number of hydroxylamine groups is 2. The average molecular weight is 243 g/mol. The van der Waals surface area contributed by atoms with Crippen molar-refractivity contribution in [2.45, 2.75) is 18.8 Å². The van der Waals surface area contributed by atoms with Gasteiger partial charge in [-0.2, -0.15) is 0 Å². The normalized spacial score (nSPS) is 35.4. The maximum atomic E-state index is 13.1. The first-order valence-electron chi connectivity index (χ1n) is 5.54. The van der Waals surface area contributed by atoms with Crippen LogP contribution in [0.15, 0.2) is 23.8 Å². The molecule has 0 aromatic rings. The average Bonchev–Trinajstić information content (AvgIpc) is 3.10. The summed E-state index contributed by atoms with van der Waals surface area (Å²) in [5.41, 5.74) is 0.717. The topological polar surface area (TPSA) is 29.5 Å². The third-order valence-electron chi connectivity index (χ3n) is 3.25. The van der Waals surface area contributed by atoms with E-state index in [0.717, 1.165) is 0 Å². The summed E-state index contributed by atoms with van der Waals surface area (Å²) in [4.78, 5) is 16.5. The Morgan fingerprint density at radius 3 is 2.76 bits per heavy atom. The van der Waals surface area contributed by atoms with Gasteiger partial charge in [-0.1, -0.05) is 6.08 Å². The van der Waals surface area contributed by atoms with E-state index in [0.29, 0.717) is 12.0 Å². The zero-order valence-electron chi connectivity index (χ0n) is 9.77. The summed E-state index contributed by atoms with van der Waals surface area (Å²) >= 11 is 0. The van der Waals surface area contributed by atoms with Crippen molar-refractivity contribution in [1.29, 1.82) is 0 Å². The lowest BCUT2D eigenvalue weighted by atomic mass is 9.99. The molecule has 4 atom stereocenters. The van der Waals surface area contributed by atoms with Gasteiger partial charge in [0.1, 0.15) is 0 Å². The molecule has 0 N–H and O–H groups in total. The molecule has 0 radical (unpaired) electrons. The highest BCUT2D eigenvalue weighted by Crippen LogP contribution is 2.46. The molecule has 2 aliphatic rings. The Morgan fingerprint density at radius 2 is 2.18 bits per heavy atom. The summed E-state index contributed by atoms with van der Waals surface area (Å²) in [6, 6.07) is 0. The van der Waals surface area contributed by atoms with Crippen LogP contribution in [0.3, 0.4) is 0 Å². The summed E-state index contributed by atoms with van der Waals surface area (Å²) < 4.78 is 26.0. The minimum absolute atomic E-state index is 0.00194. The first-order valence-corrected chi connectivity index (χ1v) is 5.54. The zero-order chi connectivity index (χ0) is 12.6. The minimum Gasteiger partial charge on any atom is -0.275 e. The molecular formula is C12H15F2NO2. The standard InChI is InChI=1S/C12H15F2NO2/c1-15(17-2)12(16)9-6-8(9)7-3-4-10(13)11(14)5-7/h3-5,8-11H,6H2,1-2H3. The summed E-state index contributed by atoms with van der Waals surface area (Å²) in [5.74, 6) is -0.286. The Morgan fingerprint density at radius 1 is 1.47 bits per heavy atom. The molecule has 0 saturated heterocycles. The number of carbonyl (C=O) groups is 1. The van der Waals surface area contributed by atoms with Crippen molar-refractivity contribution in [1.82, 2.24) is 5.06 Å². The molecule has 3 nitrogen and oxygen atoms in total. The van der Waals surface area contributed by atoms with Crippen LogP contribution >= 0.6 is 0 Å². The molecule has 0 heterocycles. The van der Waals surface area contributed by atoms with E-state index in [9.17, 15) is 13.6 Å². The monoisotopic (exact) mass is 243 g/mol. The molecule has 94 valence electrons. The van der Waals surface area contributed by atoms with Gasteiger partial charge in [-0.05, 0) is 30.1 Å². The SMILES string of the molecule is CON(C)C(=O)C1CC1C1=CC(F)C(F)C=C1. The fourth-order valence-corrected chi connectivity index (χ4v) is 2.05. The van der Waals surface area contributed by atoms with E-state index >= 15 is 0 Å². The molecule has 0 bridgehead atoms. The molecule has 1 fully saturated rings. The maximum Gasteiger partial charge on any atom is 0.249 e. The van der Waals surface area contributed by atoms with Gasteiger partial charge in [-0.3, -0.25) is 9.63 Å². The molecule has 4 unspecified atom stereocenters. The van der Waals surface area contributed by atoms with Crippen LogP contribution in [0.25, 0.3) is 0 Å². The van der Waals surface area contributed by atoms with E-state index in [-0.39, 0.29) is 17.7 Å². The largest absolute Gasteiger partial charge is 0.275 e. The van der Waals surface area contributed by atoms with E-state index in [1.807, 2.05) is 0 Å². The van der Waals surface area contributed by atoms with Crippen LogP contribution in [0.2, 0.25) is 0 Å². The number of nitrogens with zero attached hydrogens (tertiary/aromatic N) is 1. The third-order valence-corrected chi connectivity index (χ3v) is 3.25. The van der Waals surface area contributed by atoms with Crippen molar-refractivity contribution in [2.24, 2.45) is 11.8 Å². The number of halogens is 2. The number of alkyl halides is 2. The first kappa shape index (κ1) is 12.2. The lowest BCUT2D eigenvalue weighted by Gasteiger charge is -2.15. The molecule has 2 rings (SSSR count). The fraction of sp³-hybridized carbons (Fsp3) is 0.583. The molecular weight excluding hydrogens is 228 g/mol. The fourth-order valence-electron chi connectivity index (χ4n) is 2.05. The highest BCUT2D eigenvalue weighted by Gasteiger charge is 2.46. The van der Waals surface area contributed by atoms with Gasteiger partial charge >= 0.3 is 0 Å². The Balaban J connectivity index is 1.98. The van der Waals surface area contributed by atoms with Gasteiger partial charge in [-0.25, -0.2) is 13.8 Å².